The largest absolute Gasteiger partial charge is 0.453 e. The van der Waals surface area contributed by atoms with Crippen LogP contribution in [-0.4, -0.2) is 106 Å². The van der Waals surface area contributed by atoms with E-state index in [-0.39, 0.29) is 39.8 Å². The molecule has 8 rings (SSSR count). The summed E-state index contributed by atoms with van der Waals surface area (Å²) in [5, 5.41) is 5.01. The van der Waals surface area contributed by atoms with Crippen LogP contribution in [0.5, 0.6) is 0 Å². The average Bonchev–Trinajstić information content (AvgIpc) is 4.13. The first-order valence-corrected chi connectivity index (χ1v) is 23.6. The lowest BCUT2D eigenvalue weighted by atomic mass is 9.76. The van der Waals surface area contributed by atoms with Gasteiger partial charge in [0.05, 0.1) is 31.8 Å². The number of benzene rings is 2. The van der Waals surface area contributed by atoms with Crippen molar-refractivity contribution in [3.63, 3.8) is 0 Å². The maximum Gasteiger partial charge on any atom is 0.407 e. The highest BCUT2D eigenvalue weighted by molar-refractivity contribution is 8.00. The average molecular weight is 868 g/mol. The molecule has 3 N–H and O–H groups in total. The number of rotatable bonds is 11. The Morgan fingerprint density at radius 2 is 1.36 bits per heavy atom. The number of alkyl carbamates (subject to hydrolysis) is 2. The summed E-state index contributed by atoms with van der Waals surface area (Å²) < 4.78 is 9.62. The topological polar surface area (TPSA) is 158 Å². The van der Waals surface area contributed by atoms with Crippen molar-refractivity contribution in [2.45, 2.75) is 101 Å². The number of nitrogens with zero attached hydrogens (tertiary/aromatic N) is 4. The van der Waals surface area contributed by atoms with Gasteiger partial charge in [0, 0.05) is 42.8 Å². The molecule has 0 radical (unpaired) electrons. The van der Waals surface area contributed by atoms with Crippen LogP contribution in [0.4, 0.5) is 9.59 Å². The number of hydrogen-bond donors (Lipinski definition) is 3. The lowest BCUT2D eigenvalue weighted by Gasteiger charge is -2.30. The molecular formula is C46H57N7O6S2. The van der Waals surface area contributed by atoms with E-state index >= 15 is 0 Å². The second-order valence-corrected chi connectivity index (χ2v) is 19.8. The summed E-state index contributed by atoms with van der Waals surface area (Å²) in [4.78, 5) is 68.7. The number of fused-ring (bicyclic) bond motifs is 2. The van der Waals surface area contributed by atoms with Crippen LogP contribution in [0.15, 0.2) is 53.8 Å². The summed E-state index contributed by atoms with van der Waals surface area (Å²) >= 11 is 3.40. The maximum atomic E-state index is 13.8. The van der Waals surface area contributed by atoms with Gasteiger partial charge in [-0.1, -0.05) is 76.9 Å². The molecule has 2 aliphatic carbocycles. The third-order valence-corrected chi connectivity index (χ3v) is 15.6. The van der Waals surface area contributed by atoms with Gasteiger partial charge in [0.1, 0.15) is 28.7 Å². The number of imidazole rings is 1. The summed E-state index contributed by atoms with van der Waals surface area (Å²) in [6.45, 7) is 8.86. The number of ether oxygens (including phenoxy) is 2. The molecule has 3 aromatic rings. The third kappa shape index (κ3) is 8.31. The lowest BCUT2D eigenvalue weighted by Crippen LogP contribution is -2.53. The minimum atomic E-state index is -0.697. The van der Waals surface area contributed by atoms with Gasteiger partial charge in [-0.05, 0) is 76.3 Å². The maximum absolute atomic E-state index is 13.8. The number of carbonyl (C=O) groups is 4. The van der Waals surface area contributed by atoms with Crippen LogP contribution >= 0.6 is 23.5 Å². The standard InChI is InChI=1S/C46H57N7O6S2/c1-26(2)37(50-44(56)58-5)40(54)52-19-21-60-42(52)34-23-30(24-47-34)28-9-11-29(12-10-28)31-13-14-32(33-15-18-46(36(31)33)16-7-8-17-46)35-25-48-39(49-35)43-53(20-22-61-43)41(55)38(27(3)4)51-45(57)59-6/h9-14,24-27,37-38,42-43H,7-8,15-23H2,1-6H3,(H,48,49)(H,50,56)(H,51,57)/t37-,38-,42-,43-/m0/s1. The quantitative estimate of drug-likeness (QED) is 0.174. The van der Waals surface area contributed by atoms with E-state index in [0.29, 0.717) is 19.5 Å². The van der Waals surface area contributed by atoms with Gasteiger partial charge in [0.2, 0.25) is 11.8 Å². The molecule has 4 amide bonds. The van der Waals surface area contributed by atoms with Gasteiger partial charge in [-0.15, -0.1) is 23.5 Å². The number of aromatic amines is 1. The van der Waals surface area contributed by atoms with Gasteiger partial charge in [-0.25, -0.2) is 14.6 Å². The van der Waals surface area contributed by atoms with Crippen molar-refractivity contribution in [2.75, 3.05) is 38.8 Å². The van der Waals surface area contributed by atoms with Crippen molar-refractivity contribution in [1.29, 1.82) is 0 Å². The van der Waals surface area contributed by atoms with E-state index < -0.39 is 24.3 Å². The number of H-pyrrole nitrogens is 1. The predicted octanol–water partition coefficient (Wildman–Crippen LogP) is 7.92. The minimum absolute atomic E-state index is 0.0939. The molecule has 1 spiro atoms. The first kappa shape index (κ1) is 42.9. The highest BCUT2D eigenvalue weighted by Gasteiger charge is 2.45. The molecule has 1 aromatic heterocycles. The fourth-order valence-corrected chi connectivity index (χ4v) is 12.4. The minimum Gasteiger partial charge on any atom is -0.453 e. The molecule has 3 aliphatic heterocycles. The molecule has 0 bridgehead atoms. The van der Waals surface area contributed by atoms with Crippen molar-refractivity contribution in [1.82, 2.24) is 30.4 Å². The smallest absolute Gasteiger partial charge is 0.407 e. The van der Waals surface area contributed by atoms with Gasteiger partial charge in [0.25, 0.3) is 0 Å². The molecular weight excluding hydrogens is 811 g/mol. The van der Waals surface area contributed by atoms with E-state index in [4.69, 9.17) is 19.5 Å². The van der Waals surface area contributed by atoms with E-state index in [1.165, 1.54) is 67.7 Å². The first-order valence-electron chi connectivity index (χ1n) is 21.5. The number of thioether (sulfide) groups is 2. The van der Waals surface area contributed by atoms with Gasteiger partial charge in [0.15, 0.2) is 0 Å². The molecule has 13 nitrogen and oxygen atoms in total. The molecule has 3 fully saturated rings. The van der Waals surface area contributed by atoms with E-state index in [1.807, 2.05) is 49.9 Å². The molecule has 1 saturated carbocycles. The molecule has 2 aromatic carbocycles. The van der Waals surface area contributed by atoms with E-state index in [1.54, 1.807) is 23.5 Å². The molecule has 0 unspecified atom stereocenters. The van der Waals surface area contributed by atoms with Gasteiger partial charge in [-0.2, -0.15) is 0 Å². The fourth-order valence-electron chi connectivity index (χ4n) is 9.94. The van der Waals surface area contributed by atoms with Crippen LogP contribution in [0.1, 0.15) is 94.1 Å². The fraction of sp³-hybridized carbons (Fsp3) is 0.522. The van der Waals surface area contributed by atoms with Crippen LogP contribution in [0.3, 0.4) is 0 Å². The summed E-state index contributed by atoms with van der Waals surface area (Å²) in [7, 11) is 2.61. The number of amides is 4. The zero-order valence-corrected chi connectivity index (χ0v) is 37.5. The van der Waals surface area contributed by atoms with Crippen molar-refractivity contribution in [3.8, 4) is 22.4 Å². The van der Waals surface area contributed by atoms with Crippen LogP contribution in [0.2, 0.25) is 0 Å². The van der Waals surface area contributed by atoms with Crippen molar-refractivity contribution in [2.24, 2.45) is 16.8 Å². The number of nitrogens with one attached hydrogen (secondary N) is 3. The Kier molecular flexibility index (Phi) is 12.6. The molecule has 5 aliphatic rings. The number of hydrogen-bond acceptors (Lipinski definition) is 10. The van der Waals surface area contributed by atoms with Gasteiger partial charge in [-0.3, -0.25) is 14.6 Å². The molecule has 15 heteroatoms. The Labute approximate surface area is 366 Å². The van der Waals surface area contributed by atoms with Crippen molar-refractivity contribution >= 4 is 58.8 Å². The number of carbonyl (C=O) groups excluding carboxylic acids is 4. The SMILES string of the molecule is COC(=O)N[C@H](C(=O)N1CCS[C@H]1C1=NC=C(c2ccc(-c3ccc(-c4cnc([C@@H]5SCCN5C(=O)[C@@H](NC(=O)OC)C(C)C)[nH]4)c4c3C3(CCCC3)CC4)cc2)C1)C(C)C. The number of aliphatic imine (C=N–C) groups is 1. The zero-order valence-electron chi connectivity index (χ0n) is 35.9. The van der Waals surface area contributed by atoms with E-state index in [9.17, 15) is 19.2 Å². The van der Waals surface area contributed by atoms with E-state index in [0.717, 1.165) is 52.7 Å². The van der Waals surface area contributed by atoms with Gasteiger partial charge < -0.3 is 34.9 Å². The summed E-state index contributed by atoms with van der Waals surface area (Å²) in [5.74, 6) is 1.88. The molecule has 4 atom stereocenters. The molecule has 2 saturated heterocycles. The summed E-state index contributed by atoms with van der Waals surface area (Å²) in [5.41, 5.74) is 10.8. The van der Waals surface area contributed by atoms with Crippen molar-refractivity contribution in [3.05, 3.63) is 71.3 Å². The second kappa shape index (κ2) is 17.9. The molecule has 61 heavy (non-hydrogen) atoms. The van der Waals surface area contributed by atoms with Crippen LogP contribution in [0.25, 0.3) is 28.0 Å². The first-order chi connectivity index (χ1) is 29.4. The molecule has 324 valence electrons. The number of methoxy groups -OCH3 is 2. The monoisotopic (exact) mass is 867 g/mol. The lowest BCUT2D eigenvalue weighted by molar-refractivity contribution is -0.135. The normalized spacial score (nSPS) is 21.4. The van der Waals surface area contributed by atoms with Crippen LogP contribution in [0, 0.1) is 11.8 Å². The van der Waals surface area contributed by atoms with Gasteiger partial charge >= 0.3 is 12.2 Å². The van der Waals surface area contributed by atoms with Crippen LogP contribution < -0.4 is 10.6 Å². The second-order valence-electron chi connectivity index (χ2n) is 17.4. The summed E-state index contributed by atoms with van der Waals surface area (Å²) in [6.07, 6.45) is 10.3. The third-order valence-electron chi connectivity index (χ3n) is 13.1. The Balaban J connectivity index is 1.01. The Morgan fingerprint density at radius 1 is 0.787 bits per heavy atom. The Hall–Kier alpha value is -4.76. The Morgan fingerprint density at radius 3 is 1.97 bits per heavy atom. The molecule has 4 heterocycles. The van der Waals surface area contributed by atoms with E-state index in [2.05, 4.69) is 52.0 Å². The number of allylic oxidation sites excluding steroid dienone is 1. The highest BCUT2D eigenvalue weighted by Crippen LogP contribution is 2.55. The van der Waals surface area contributed by atoms with Crippen molar-refractivity contribution < 1.29 is 28.7 Å². The highest BCUT2D eigenvalue weighted by atomic mass is 32.2. The number of aromatic nitrogens is 2. The predicted molar refractivity (Wildman–Crippen MR) is 241 cm³/mol. The van der Waals surface area contributed by atoms with Crippen LogP contribution in [-0.2, 0) is 30.9 Å². The summed E-state index contributed by atoms with van der Waals surface area (Å²) in [6, 6.07) is 12.1. The Bertz CT molecular complexity index is 2230. The zero-order chi connectivity index (χ0) is 43.0.